The van der Waals surface area contributed by atoms with Crippen molar-refractivity contribution in [3.8, 4) is 0 Å². The summed E-state index contributed by atoms with van der Waals surface area (Å²) in [5.41, 5.74) is 1.41. The van der Waals surface area contributed by atoms with E-state index in [9.17, 15) is 4.39 Å². The molecule has 0 bridgehead atoms. The van der Waals surface area contributed by atoms with Gasteiger partial charge in [0.05, 0.1) is 0 Å². The number of hydrogen-bond donors (Lipinski definition) is 2. The van der Waals surface area contributed by atoms with Gasteiger partial charge in [0.15, 0.2) is 0 Å². The van der Waals surface area contributed by atoms with Crippen molar-refractivity contribution in [3.05, 3.63) is 29.6 Å². The standard InChI is InChI=1S/C10H13FN2/c1-2-5-13-10-6-9(11)4-3-8(10)7-12/h3-4,6-7,12-13H,2,5H2,1H3. The molecule has 2 nitrogen and oxygen atoms in total. The summed E-state index contributed by atoms with van der Waals surface area (Å²) in [7, 11) is 0. The number of nitrogens with one attached hydrogen (secondary N) is 2. The highest BCUT2D eigenvalue weighted by molar-refractivity contribution is 5.85. The number of halogens is 1. The molecule has 0 aliphatic rings. The fourth-order valence-corrected chi connectivity index (χ4v) is 1.07. The van der Waals surface area contributed by atoms with Crippen LogP contribution < -0.4 is 5.32 Å². The van der Waals surface area contributed by atoms with E-state index in [4.69, 9.17) is 5.41 Å². The van der Waals surface area contributed by atoms with E-state index in [-0.39, 0.29) is 5.82 Å². The van der Waals surface area contributed by atoms with Crippen LogP contribution in [0.1, 0.15) is 18.9 Å². The van der Waals surface area contributed by atoms with Crippen LogP contribution in [0, 0.1) is 11.2 Å². The van der Waals surface area contributed by atoms with Crippen LogP contribution in [0.4, 0.5) is 10.1 Å². The zero-order chi connectivity index (χ0) is 9.68. The minimum atomic E-state index is -0.274. The Morgan fingerprint density at radius 2 is 2.31 bits per heavy atom. The zero-order valence-electron chi connectivity index (χ0n) is 7.60. The van der Waals surface area contributed by atoms with Crippen LogP contribution in [0.2, 0.25) is 0 Å². The van der Waals surface area contributed by atoms with Crippen LogP contribution in [-0.4, -0.2) is 12.8 Å². The minimum absolute atomic E-state index is 0.274. The lowest BCUT2D eigenvalue weighted by molar-refractivity contribution is 0.628. The van der Waals surface area contributed by atoms with Crippen LogP contribution in [0.25, 0.3) is 0 Å². The Bertz CT molecular complexity index is 297. The van der Waals surface area contributed by atoms with Crippen LogP contribution >= 0.6 is 0 Å². The molecule has 0 amide bonds. The predicted molar refractivity (Wildman–Crippen MR) is 53.1 cm³/mol. The first-order valence-electron chi connectivity index (χ1n) is 4.32. The van der Waals surface area contributed by atoms with E-state index in [1.54, 1.807) is 6.07 Å². The lowest BCUT2D eigenvalue weighted by atomic mass is 10.2. The SMILES string of the molecule is CCCNc1cc(F)ccc1C=N. The van der Waals surface area contributed by atoms with Gasteiger partial charge in [-0.25, -0.2) is 4.39 Å². The van der Waals surface area contributed by atoms with E-state index in [0.29, 0.717) is 5.69 Å². The van der Waals surface area contributed by atoms with Crippen molar-refractivity contribution in [2.45, 2.75) is 13.3 Å². The summed E-state index contributed by atoms with van der Waals surface area (Å²) in [4.78, 5) is 0. The number of anilines is 1. The third-order valence-electron chi connectivity index (χ3n) is 1.74. The van der Waals surface area contributed by atoms with Gasteiger partial charge in [0.2, 0.25) is 0 Å². The Hall–Kier alpha value is -1.38. The van der Waals surface area contributed by atoms with Gasteiger partial charge in [-0.2, -0.15) is 0 Å². The topological polar surface area (TPSA) is 35.9 Å². The van der Waals surface area contributed by atoms with Gasteiger partial charge in [-0.1, -0.05) is 6.92 Å². The molecule has 0 fully saturated rings. The summed E-state index contributed by atoms with van der Waals surface area (Å²) in [6, 6.07) is 4.37. The molecule has 70 valence electrons. The maximum atomic E-state index is 12.8. The molecule has 0 radical (unpaired) electrons. The Morgan fingerprint density at radius 3 is 2.92 bits per heavy atom. The first-order chi connectivity index (χ1) is 6.27. The molecular formula is C10H13FN2. The fraction of sp³-hybridized carbons (Fsp3) is 0.300. The van der Waals surface area contributed by atoms with Crippen molar-refractivity contribution >= 4 is 11.9 Å². The maximum absolute atomic E-state index is 12.8. The molecule has 13 heavy (non-hydrogen) atoms. The number of rotatable bonds is 4. The van der Waals surface area contributed by atoms with Crippen molar-refractivity contribution in [2.24, 2.45) is 0 Å². The van der Waals surface area contributed by atoms with Gasteiger partial charge in [-0.15, -0.1) is 0 Å². The van der Waals surface area contributed by atoms with Gasteiger partial charge < -0.3 is 10.7 Å². The highest BCUT2D eigenvalue weighted by Crippen LogP contribution is 2.14. The molecule has 0 aromatic heterocycles. The van der Waals surface area contributed by atoms with E-state index in [1.807, 2.05) is 6.92 Å². The van der Waals surface area contributed by atoms with Gasteiger partial charge in [0, 0.05) is 24.0 Å². The monoisotopic (exact) mass is 180 g/mol. The van der Waals surface area contributed by atoms with Crippen LogP contribution in [0.15, 0.2) is 18.2 Å². The highest BCUT2D eigenvalue weighted by atomic mass is 19.1. The molecule has 0 saturated carbocycles. The first-order valence-corrected chi connectivity index (χ1v) is 4.32. The Labute approximate surface area is 77.3 Å². The molecule has 1 aromatic carbocycles. The first kappa shape index (κ1) is 9.71. The Morgan fingerprint density at radius 1 is 1.54 bits per heavy atom. The molecular weight excluding hydrogens is 167 g/mol. The van der Waals surface area contributed by atoms with E-state index >= 15 is 0 Å². The van der Waals surface area contributed by atoms with E-state index in [2.05, 4.69) is 5.32 Å². The molecule has 3 heteroatoms. The van der Waals surface area contributed by atoms with Gasteiger partial charge in [-0.3, -0.25) is 0 Å². The van der Waals surface area contributed by atoms with Crippen LogP contribution in [0.5, 0.6) is 0 Å². The zero-order valence-corrected chi connectivity index (χ0v) is 7.60. The normalized spacial score (nSPS) is 9.69. The lowest BCUT2D eigenvalue weighted by Gasteiger charge is -2.07. The summed E-state index contributed by atoms with van der Waals surface area (Å²) in [5, 5.41) is 10.2. The summed E-state index contributed by atoms with van der Waals surface area (Å²) in [5.74, 6) is -0.274. The van der Waals surface area contributed by atoms with E-state index in [0.717, 1.165) is 18.5 Å². The fourth-order valence-electron chi connectivity index (χ4n) is 1.07. The smallest absolute Gasteiger partial charge is 0.125 e. The molecule has 1 aromatic rings. The van der Waals surface area contributed by atoms with Crippen molar-refractivity contribution in [1.29, 1.82) is 5.41 Å². The van der Waals surface area contributed by atoms with Gasteiger partial charge in [0.25, 0.3) is 0 Å². The Kier molecular flexibility index (Phi) is 3.43. The van der Waals surface area contributed by atoms with Gasteiger partial charge >= 0.3 is 0 Å². The molecule has 0 heterocycles. The summed E-state index contributed by atoms with van der Waals surface area (Å²) in [6.07, 6.45) is 2.20. The number of hydrogen-bond acceptors (Lipinski definition) is 2. The summed E-state index contributed by atoms with van der Waals surface area (Å²) < 4.78 is 12.8. The second-order valence-corrected chi connectivity index (χ2v) is 2.80. The molecule has 2 N–H and O–H groups in total. The minimum Gasteiger partial charge on any atom is -0.384 e. The van der Waals surface area contributed by atoms with E-state index in [1.165, 1.54) is 18.3 Å². The van der Waals surface area contributed by atoms with Crippen molar-refractivity contribution < 1.29 is 4.39 Å². The van der Waals surface area contributed by atoms with E-state index < -0.39 is 0 Å². The molecule has 0 saturated heterocycles. The lowest BCUT2D eigenvalue weighted by Crippen LogP contribution is -2.02. The highest BCUT2D eigenvalue weighted by Gasteiger charge is 2.00. The molecule has 0 aliphatic heterocycles. The summed E-state index contributed by atoms with van der Waals surface area (Å²) >= 11 is 0. The summed E-state index contributed by atoms with van der Waals surface area (Å²) in [6.45, 7) is 2.83. The predicted octanol–water partition coefficient (Wildman–Crippen LogP) is 2.65. The molecule has 0 spiro atoms. The van der Waals surface area contributed by atoms with Crippen LogP contribution in [-0.2, 0) is 0 Å². The second kappa shape index (κ2) is 4.60. The molecule has 0 atom stereocenters. The quantitative estimate of drug-likeness (QED) is 0.686. The number of benzene rings is 1. The third-order valence-corrected chi connectivity index (χ3v) is 1.74. The molecule has 0 aliphatic carbocycles. The third kappa shape index (κ3) is 2.54. The average molecular weight is 180 g/mol. The maximum Gasteiger partial charge on any atom is 0.125 e. The second-order valence-electron chi connectivity index (χ2n) is 2.80. The van der Waals surface area contributed by atoms with Gasteiger partial charge in [0.1, 0.15) is 5.82 Å². The van der Waals surface area contributed by atoms with Crippen molar-refractivity contribution in [2.75, 3.05) is 11.9 Å². The van der Waals surface area contributed by atoms with Crippen molar-refractivity contribution in [3.63, 3.8) is 0 Å². The Balaban J connectivity index is 2.87. The average Bonchev–Trinajstić information content (AvgIpc) is 2.15. The van der Waals surface area contributed by atoms with Gasteiger partial charge in [-0.05, 0) is 24.6 Å². The molecule has 0 unspecified atom stereocenters. The molecule has 1 rings (SSSR count). The largest absolute Gasteiger partial charge is 0.384 e. The van der Waals surface area contributed by atoms with Crippen LogP contribution in [0.3, 0.4) is 0 Å². The van der Waals surface area contributed by atoms with Crippen molar-refractivity contribution in [1.82, 2.24) is 0 Å².